The standard InChI is InChI=1S/C34H52O9/c1-6-7-8-9-21-13-26(32-24-12-20(2)10-11-25(24)34(3,4)43-27(32)14-21)40-31-17-28(33(37)29(19-36)42-31)41-30-16-22(38-5)15-23(18-35)39-30/h12-14,22-25,28-31,33,35-37H,6-11,15-19H2,1-5H3/t22-,23-,24+,25+,28+,29+,30-,31+,33-/m0/s1. The maximum Gasteiger partial charge on any atom is 0.202 e. The summed E-state index contributed by atoms with van der Waals surface area (Å²) in [7, 11) is 1.63. The SMILES string of the molecule is CCCCCc1cc(O[C@H]2C[C@@H](O[C@H]3C[C@@H](OC)C[C@@H](CO)O3)[C@H](O)[C@@H](CO)O2)c2c(c1)OC(C)(C)[C@@H]1CCC(C)=C[C@@H]21. The van der Waals surface area contributed by atoms with Crippen molar-refractivity contribution in [1.82, 2.24) is 0 Å². The van der Waals surface area contributed by atoms with Gasteiger partial charge in [-0.05, 0) is 64.2 Å². The van der Waals surface area contributed by atoms with Crippen molar-refractivity contribution >= 4 is 0 Å². The lowest BCUT2D eigenvalue weighted by molar-refractivity contribution is -0.294. The molecule has 0 unspecified atom stereocenters. The Labute approximate surface area is 256 Å². The normalized spacial score (nSPS) is 35.3. The third-order valence-electron chi connectivity index (χ3n) is 9.72. The molecule has 0 bridgehead atoms. The van der Waals surface area contributed by atoms with Crippen molar-refractivity contribution in [2.75, 3.05) is 20.3 Å². The molecule has 2 fully saturated rings. The summed E-state index contributed by atoms with van der Waals surface area (Å²) < 4.78 is 37.3. The van der Waals surface area contributed by atoms with Crippen molar-refractivity contribution in [2.24, 2.45) is 5.92 Å². The summed E-state index contributed by atoms with van der Waals surface area (Å²) in [4.78, 5) is 0. The fraction of sp³-hybridized carbons (Fsp3) is 0.765. The highest BCUT2D eigenvalue weighted by molar-refractivity contribution is 5.54. The lowest BCUT2D eigenvalue weighted by Crippen LogP contribution is -2.54. The molecule has 9 nitrogen and oxygen atoms in total. The fourth-order valence-electron chi connectivity index (χ4n) is 7.31. The number of fused-ring (bicyclic) bond motifs is 3. The number of benzene rings is 1. The van der Waals surface area contributed by atoms with Crippen molar-refractivity contribution in [3.05, 3.63) is 34.9 Å². The minimum atomic E-state index is -1.07. The van der Waals surface area contributed by atoms with Crippen molar-refractivity contribution in [2.45, 2.75) is 140 Å². The first-order valence-corrected chi connectivity index (χ1v) is 16.2. The lowest BCUT2D eigenvalue weighted by atomic mass is 9.68. The Morgan fingerprint density at radius 2 is 1.84 bits per heavy atom. The summed E-state index contributed by atoms with van der Waals surface area (Å²) in [5.74, 6) is 2.05. The molecule has 0 radical (unpaired) electrons. The molecule has 0 spiro atoms. The predicted molar refractivity (Wildman–Crippen MR) is 161 cm³/mol. The first kappa shape index (κ1) is 32.7. The van der Waals surface area contributed by atoms with Crippen molar-refractivity contribution in [1.29, 1.82) is 0 Å². The van der Waals surface area contributed by atoms with Gasteiger partial charge in [0.05, 0.1) is 31.5 Å². The second-order valence-corrected chi connectivity index (χ2v) is 13.4. The molecule has 242 valence electrons. The number of allylic oxidation sites excluding steroid dienone is 2. The van der Waals surface area contributed by atoms with Gasteiger partial charge in [-0.2, -0.15) is 0 Å². The zero-order chi connectivity index (χ0) is 30.7. The first-order valence-electron chi connectivity index (χ1n) is 16.2. The van der Waals surface area contributed by atoms with Gasteiger partial charge >= 0.3 is 0 Å². The maximum absolute atomic E-state index is 11.1. The number of aryl methyl sites for hydroxylation is 1. The van der Waals surface area contributed by atoms with Gasteiger partial charge in [0.2, 0.25) is 6.29 Å². The van der Waals surface area contributed by atoms with Gasteiger partial charge < -0.3 is 43.7 Å². The van der Waals surface area contributed by atoms with Crippen molar-refractivity contribution in [3.63, 3.8) is 0 Å². The zero-order valence-corrected chi connectivity index (χ0v) is 26.5. The van der Waals surface area contributed by atoms with Crippen molar-refractivity contribution < 1.29 is 43.7 Å². The molecule has 43 heavy (non-hydrogen) atoms. The van der Waals surface area contributed by atoms with Gasteiger partial charge in [-0.3, -0.25) is 0 Å². The number of methoxy groups -OCH3 is 1. The maximum atomic E-state index is 11.1. The average molecular weight is 605 g/mol. The number of rotatable bonds is 11. The van der Waals surface area contributed by atoms with Gasteiger partial charge in [0.25, 0.3) is 0 Å². The monoisotopic (exact) mass is 604 g/mol. The van der Waals surface area contributed by atoms with Crippen LogP contribution in [0.3, 0.4) is 0 Å². The van der Waals surface area contributed by atoms with E-state index >= 15 is 0 Å². The van der Waals surface area contributed by atoms with E-state index < -0.39 is 37.0 Å². The average Bonchev–Trinajstić information content (AvgIpc) is 2.97. The van der Waals surface area contributed by atoms with E-state index in [-0.39, 0.29) is 37.3 Å². The molecule has 1 aromatic carbocycles. The molecule has 9 atom stereocenters. The molecule has 4 aliphatic rings. The first-order chi connectivity index (χ1) is 20.6. The predicted octanol–water partition coefficient (Wildman–Crippen LogP) is 4.77. The molecule has 0 aromatic heterocycles. The molecule has 9 heteroatoms. The van der Waals surface area contributed by atoms with E-state index in [2.05, 4.69) is 45.9 Å². The van der Waals surface area contributed by atoms with E-state index in [4.69, 9.17) is 28.4 Å². The van der Waals surface area contributed by atoms with Crippen molar-refractivity contribution in [3.8, 4) is 11.5 Å². The molecule has 3 aliphatic heterocycles. The summed E-state index contributed by atoms with van der Waals surface area (Å²) in [5.41, 5.74) is 3.26. The van der Waals surface area contributed by atoms with Crippen LogP contribution in [0.25, 0.3) is 0 Å². The Kier molecular flexibility index (Phi) is 10.7. The fourth-order valence-corrected chi connectivity index (χ4v) is 7.31. The Balaban J connectivity index is 1.43. The molecular weight excluding hydrogens is 552 g/mol. The number of ether oxygens (including phenoxy) is 6. The molecule has 0 saturated carbocycles. The summed E-state index contributed by atoms with van der Waals surface area (Å²) in [6.07, 6.45) is 5.41. The van der Waals surface area contributed by atoms with Crippen LogP contribution < -0.4 is 9.47 Å². The molecule has 3 heterocycles. The third kappa shape index (κ3) is 7.40. The van der Waals surface area contributed by atoms with Crippen LogP contribution in [0.4, 0.5) is 0 Å². The van der Waals surface area contributed by atoms with Crippen LogP contribution in [0.15, 0.2) is 23.8 Å². The Hall–Kier alpha value is -1.72. The van der Waals surface area contributed by atoms with Crippen LogP contribution in [0.1, 0.15) is 96.1 Å². The van der Waals surface area contributed by atoms with E-state index in [0.29, 0.717) is 18.8 Å². The van der Waals surface area contributed by atoms with Crippen LogP contribution >= 0.6 is 0 Å². The second-order valence-electron chi connectivity index (χ2n) is 13.4. The molecule has 0 amide bonds. The number of hydrogen-bond donors (Lipinski definition) is 3. The molecular formula is C34H52O9. The number of unbranched alkanes of at least 4 members (excludes halogenated alkanes) is 2. The van der Waals surface area contributed by atoms with Gasteiger partial charge in [0, 0.05) is 43.8 Å². The highest BCUT2D eigenvalue weighted by atomic mass is 16.7. The topological polar surface area (TPSA) is 116 Å². The molecule has 1 aliphatic carbocycles. The Bertz CT molecular complexity index is 1090. The van der Waals surface area contributed by atoms with Gasteiger partial charge in [-0.25, -0.2) is 0 Å². The van der Waals surface area contributed by atoms with E-state index in [1.54, 1.807) is 7.11 Å². The number of aliphatic hydroxyl groups is 3. The van der Waals surface area contributed by atoms with E-state index in [0.717, 1.165) is 61.2 Å². The number of aliphatic hydroxyl groups excluding tert-OH is 3. The second kappa shape index (κ2) is 14.1. The van der Waals surface area contributed by atoms with Crippen LogP contribution in [0.2, 0.25) is 0 Å². The van der Waals surface area contributed by atoms with Crippen LogP contribution in [-0.2, 0) is 25.4 Å². The quantitative estimate of drug-likeness (QED) is 0.243. The minimum Gasteiger partial charge on any atom is -0.487 e. The third-order valence-corrected chi connectivity index (χ3v) is 9.72. The van der Waals surface area contributed by atoms with Gasteiger partial charge in [0.15, 0.2) is 6.29 Å². The Morgan fingerprint density at radius 3 is 2.56 bits per heavy atom. The van der Waals surface area contributed by atoms with Crippen LogP contribution in [0.5, 0.6) is 11.5 Å². The summed E-state index contributed by atoms with van der Waals surface area (Å²) in [6, 6.07) is 4.31. The Morgan fingerprint density at radius 1 is 1.02 bits per heavy atom. The van der Waals surface area contributed by atoms with E-state index in [9.17, 15) is 15.3 Å². The molecule has 2 saturated heterocycles. The molecule has 1 aromatic rings. The smallest absolute Gasteiger partial charge is 0.202 e. The van der Waals surface area contributed by atoms with E-state index in [1.807, 2.05) is 0 Å². The highest BCUT2D eigenvalue weighted by Crippen LogP contribution is 2.54. The largest absolute Gasteiger partial charge is 0.487 e. The zero-order valence-electron chi connectivity index (χ0n) is 26.5. The minimum absolute atomic E-state index is 0.125. The highest BCUT2D eigenvalue weighted by Gasteiger charge is 2.47. The van der Waals surface area contributed by atoms with Gasteiger partial charge in [-0.1, -0.05) is 31.4 Å². The lowest BCUT2D eigenvalue weighted by Gasteiger charge is -2.47. The van der Waals surface area contributed by atoms with Gasteiger partial charge in [0.1, 0.15) is 29.3 Å². The van der Waals surface area contributed by atoms with Crippen LogP contribution in [-0.4, -0.2) is 84.3 Å². The summed E-state index contributed by atoms with van der Waals surface area (Å²) in [5, 5.41) is 30.9. The van der Waals surface area contributed by atoms with Gasteiger partial charge in [-0.15, -0.1) is 0 Å². The number of hydrogen-bond acceptors (Lipinski definition) is 9. The summed E-state index contributed by atoms with van der Waals surface area (Å²) in [6.45, 7) is 8.25. The molecule has 5 rings (SSSR count). The summed E-state index contributed by atoms with van der Waals surface area (Å²) >= 11 is 0. The van der Waals surface area contributed by atoms with E-state index in [1.165, 1.54) is 5.57 Å². The molecule has 3 N–H and O–H groups in total. The van der Waals surface area contributed by atoms with Crippen LogP contribution in [0, 0.1) is 5.92 Å².